The minimum atomic E-state index is -0.640. The number of carbonyl (C=O) groups excluding carboxylic acids is 1. The molecule has 98 valence electrons. The third-order valence-corrected chi connectivity index (χ3v) is 5.44. The zero-order chi connectivity index (χ0) is 12.5. The third-order valence-electron chi connectivity index (χ3n) is 4.17. The van der Waals surface area contributed by atoms with Gasteiger partial charge in [0, 0.05) is 41.4 Å². The van der Waals surface area contributed by atoms with Crippen molar-refractivity contribution >= 4 is 16.7 Å². The van der Waals surface area contributed by atoms with E-state index < -0.39 is 16.3 Å². The molecule has 2 atom stereocenters. The van der Waals surface area contributed by atoms with E-state index in [2.05, 4.69) is 10.2 Å². The van der Waals surface area contributed by atoms with Crippen LogP contribution in [0, 0.1) is 0 Å². The van der Waals surface area contributed by atoms with Gasteiger partial charge in [-0.05, 0) is 26.3 Å². The standard InChI is InChI=1S/C11H21N3O2S/c1-13-11(10(12)15)3-2-9(8-11)14-4-6-17(16)7-5-14/h9,13H,2-8H2,1H3,(H2,12,15). The fourth-order valence-corrected chi connectivity index (χ4v) is 4.00. The van der Waals surface area contributed by atoms with Crippen LogP contribution in [0.3, 0.4) is 0 Å². The van der Waals surface area contributed by atoms with Crippen molar-refractivity contribution in [2.45, 2.75) is 30.8 Å². The van der Waals surface area contributed by atoms with Crippen LogP contribution in [0.25, 0.3) is 0 Å². The highest BCUT2D eigenvalue weighted by Gasteiger charge is 2.44. The Morgan fingerprint density at radius 1 is 1.47 bits per heavy atom. The molecule has 0 spiro atoms. The first kappa shape index (κ1) is 13.0. The number of carbonyl (C=O) groups is 1. The van der Waals surface area contributed by atoms with Gasteiger partial charge in [-0.15, -0.1) is 0 Å². The average Bonchev–Trinajstić information content (AvgIpc) is 2.75. The van der Waals surface area contributed by atoms with Crippen LogP contribution in [0.2, 0.25) is 0 Å². The minimum Gasteiger partial charge on any atom is -0.368 e. The molecule has 2 aliphatic rings. The zero-order valence-corrected chi connectivity index (χ0v) is 11.1. The lowest BCUT2D eigenvalue weighted by molar-refractivity contribution is -0.124. The van der Waals surface area contributed by atoms with Crippen LogP contribution >= 0.6 is 0 Å². The van der Waals surface area contributed by atoms with Crippen molar-refractivity contribution in [2.75, 3.05) is 31.6 Å². The third kappa shape index (κ3) is 2.53. The topological polar surface area (TPSA) is 75.4 Å². The Morgan fingerprint density at radius 2 is 2.12 bits per heavy atom. The molecule has 1 amide bonds. The van der Waals surface area contributed by atoms with Crippen LogP contribution in [-0.4, -0.2) is 58.2 Å². The Labute approximate surface area is 105 Å². The summed E-state index contributed by atoms with van der Waals surface area (Å²) < 4.78 is 11.3. The molecule has 3 N–H and O–H groups in total. The summed E-state index contributed by atoms with van der Waals surface area (Å²) in [5.41, 5.74) is 4.96. The minimum absolute atomic E-state index is 0.247. The van der Waals surface area contributed by atoms with Crippen LogP contribution in [0.15, 0.2) is 0 Å². The maximum absolute atomic E-state index is 11.5. The average molecular weight is 259 g/mol. The van der Waals surface area contributed by atoms with Crippen LogP contribution in [0.5, 0.6) is 0 Å². The van der Waals surface area contributed by atoms with Crippen molar-refractivity contribution in [3.63, 3.8) is 0 Å². The molecule has 5 nitrogen and oxygen atoms in total. The highest BCUT2D eigenvalue weighted by atomic mass is 32.2. The molecule has 2 fully saturated rings. The van der Waals surface area contributed by atoms with Gasteiger partial charge in [-0.25, -0.2) is 0 Å². The van der Waals surface area contributed by atoms with Crippen molar-refractivity contribution in [3.8, 4) is 0 Å². The van der Waals surface area contributed by atoms with Crippen molar-refractivity contribution in [1.29, 1.82) is 0 Å². The number of hydrogen-bond acceptors (Lipinski definition) is 4. The van der Waals surface area contributed by atoms with Crippen LogP contribution in [-0.2, 0) is 15.6 Å². The lowest BCUT2D eigenvalue weighted by Crippen LogP contribution is -2.53. The van der Waals surface area contributed by atoms with Gasteiger partial charge in [-0.3, -0.25) is 13.9 Å². The Bertz CT molecular complexity index is 327. The van der Waals surface area contributed by atoms with Crippen LogP contribution in [0.1, 0.15) is 19.3 Å². The largest absolute Gasteiger partial charge is 0.368 e. The smallest absolute Gasteiger partial charge is 0.237 e. The highest BCUT2D eigenvalue weighted by Crippen LogP contribution is 2.33. The molecule has 6 heteroatoms. The Kier molecular flexibility index (Phi) is 3.85. The fraction of sp³-hybridized carbons (Fsp3) is 0.909. The number of primary amides is 1. The van der Waals surface area contributed by atoms with E-state index in [0.717, 1.165) is 43.9 Å². The molecule has 2 unspecified atom stereocenters. The molecule has 0 aromatic heterocycles. The number of nitrogens with two attached hydrogens (primary N) is 1. The second-order valence-corrected chi connectivity index (χ2v) is 6.67. The Balaban J connectivity index is 1.97. The van der Waals surface area contributed by atoms with Gasteiger partial charge in [0.05, 0.1) is 5.54 Å². The van der Waals surface area contributed by atoms with Gasteiger partial charge in [0.15, 0.2) is 0 Å². The van der Waals surface area contributed by atoms with E-state index in [1.807, 2.05) is 0 Å². The van der Waals surface area contributed by atoms with E-state index in [4.69, 9.17) is 5.73 Å². The summed E-state index contributed by atoms with van der Waals surface area (Å²) in [6.45, 7) is 1.77. The summed E-state index contributed by atoms with van der Waals surface area (Å²) in [6, 6.07) is 0.409. The van der Waals surface area contributed by atoms with Gasteiger partial charge in [-0.1, -0.05) is 0 Å². The van der Waals surface area contributed by atoms with Crippen LogP contribution in [0.4, 0.5) is 0 Å². The van der Waals surface area contributed by atoms with Crippen molar-refractivity contribution in [2.24, 2.45) is 5.73 Å². The van der Waals surface area contributed by atoms with Crippen LogP contribution < -0.4 is 11.1 Å². The first-order chi connectivity index (χ1) is 8.07. The van der Waals surface area contributed by atoms with E-state index in [0.29, 0.717) is 6.04 Å². The van der Waals surface area contributed by atoms with E-state index >= 15 is 0 Å². The second kappa shape index (κ2) is 5.04. The van der Waals surface area contributed by atoms with E-state index in [1.165, 1.54) is 0 Å². The molecule has 0 radical (unpaired) electrons. The van der Waals surface area contributed by atoms with E-state index in [-0.39, 0.29) is 5.91 Å². The number of rotatable bonds is 3. The Hall–Kier alpha value is -0.460. The van der Waals surface area contributed by atoms with Crippen molar-refractivity contribution in [1.82, 2.24) is 10.2 Å². The lowest BCUT2D eigenvalue weighted by atomic mass is 9.96. The molecule has 2 rings (SSSR count). The summed E-state index contributed by atoms with van der Waals surface area (Å²) in [5.74, 6) is 1.28. The summed E-state index contributed by atoms with van der Waals surface area (Å²) in [4.78, 5) is 13.9. The highest BCUT2D eigenvalue weighted by molar-refractivity contribution is 7.85. The number of hydrogen-bond donors (Lipinski definition) is 2. The predicted octanol–water partition coefficient (Wildman–Crippen LogP) is -0.953. The number of nitrogens with zero attached hydrogens (tertiary/aromatic N) is 1. The van der Waals surface area contributed by atoms with Gasteiger partial charge in [0.25, 0.3) is 0 Å². The first-order valence-corrected chi connectivity index (χ1v) is 7.64. The van der Waals surface area contributed by atoms with Gasteiger partial charge < -0.3 is 11.1 Å². The molecule has 17 heavy (non-hydrogen) atoms. The maximum atomic E-state index is 11.5. The fourth-order valence-electron chi connectivity index (χ4n) is 2.92. The van der Waals surface area contributed by atoms with Crippen molar-refractivity contribution in [3.05, 3.63) is 0 Å². The second-order valence-electron chi connectivity index (χ2n) is 4.98. The maximum Gasteiger partial charge on any atom is 0.237 e. The number of nitrogens with one attached hydrogen (secondary N) is 1. The summed E-state index contributed by atoms with van der Waals surface area (Å²) in [5, 5.41) is 3.09. The van der Waals surface area contributed by atoms with Gasteiger partial charge in [-0.2, -0.15) is 0 Å². The molecule has 0 bridgehead atoms. The molecular weight excluding hydrogens is 238 g/mol. The van der Waals surface area contributed by atoms with E-state index in [1.54, 1.807) is 7.05 Å². The monoisotopic (exact) mass is 259 g/mol. The Morgan fingerprint density at radius 3 is 2.59 bits per heavy atom. The molecular formula is C11H21N3O2S. The van der Waals surface area contributed by atoms with Gasteiger partial charge in [0.2, 0.25) is 5.91 Å². The predicted molar refractivity (Wildman–Crippen MR) is 68.1 cm³/mol. The quantitative estimate of drug-likeness (QED) is 0.685. The normalized spacial score (nSPS) is 36.2. The van der Waals surface area contributed by atoms with Crippen molar-refractivity contribution < 1.29 is 9.00 Å². The molecule has 0 aromatic carbocycles. The van der Waals surface area contributed by atoms with Gasteiger partial charge >= 0.3 is 0 Å². The molecule has 0 aromatic rings. The molecule has 1 saturated heterocycles. The number of amides is 1. The van der Waals surface area contributed by atoms with E-state index in [9.17, 15) is 9.00 Å². The SMILES string of the molecule is CNC1(C(N)=O)CCC(N2CCS(=O)CC2)C1. The molecule has 1 heterocycles. The summed E-state index contributed by atoms with van der Waals surface area (Å²) in [6.07, 6.45) is 2.59. The summed E-state index contributed by atoms with van der Waals surface area (Å²) in [7, 11) is 1.16. The molecule has 1 saturated carbocycles. The molecule has 1 aliphatic carbocycles. The summed E-state index contributed by atoms with van der Waals surface area (Å²) >= 11 is 0. The van der Waals surface area contributed by atoms with Gasteiger partial charge in [0.1, 0.15) is 0 Å². The molecule has 1 aliphatic heterocycles. The first-order valence-electron chi connectivity index (χ1n) is 6.15. The lowest BCUT2D eigenvalue weighted by Gasteiger charge is -2.33. The zero-order valence-electron chi connectivity index (χ0n) is 10.3. The number of likely N-dealkylation sites (N-methyl/N-ethyl adjacent to an activating group) is 1.